The molecule has 0 N–H and O–H groups in total. The molecular formula is C13H18O3. The molecular weight excluding hydrogens is 204 g/mol. The molecule has 16 heavy (non-hydrogen) atoms. The molecule has 0 amide bonds. The molecule has 0 aliphatic carbocycles. The molecule has 0 heterocycles. The van der Waals surface area contributed by atoms with Gasteiger partial charge in [0.25, 0.3) is 0 Å². The van der Waals surface area contributed by atoms with Crippen molar-refractivity contribution < 1.29 is 14.3 Å². The highest BCUT2D eigenvalue weighted by molar-refractivity contribution is 5.94. The Labute approximate surface area is 96.4 Å². The van der Waals surface area contributed by atoms with E-state index in [1.165, 1.54) is 6.92 Å². The van der Waals surface area contributed by atoms with Crippen LogP contribution in [0, 0.1) is 0 Å². The van der Waals surface area contributed by atoms with E-state index in [1.807, 2.05) is 19.9 Å². The molecule has 0 unspecified atom stereocenters. The predicted molar refractivity (Wildman–Crippen MR) is 63.4 cm³/mol. The number of ketones is 1. The number of hydrogen-bond donors (Lipinski definition) is 0. The third-order valence-electron chi connectivity index (χ3n) is 2.07. The minimum atomic E-state index is 0.0166. The molecule has 0 aliphatic rings. The van der Waals surface area contributed by atoms with Crippen LogP contribution in [0.25, 0.3) is 0 Å². The van der Waals surface area contributed by atoms with Crippen molar-refractivity contribution in [3.05, 3.63) is 23.8 Å². The van der Waals surface area contributed by atoms with Crippen LogP contribution in [0.1, 0.15) is 37.6 Å². The van der Waals surface area contributed by atoms with Gasteiger partial charge in [0.15, 0.2) is 5.78 Å². The Kier molecular flexibility index (Phi) is 4.83. The van der Waals surface area contributed by atoms with E-state index in [0.29, 0.717) is 30.3 Å². The summed E-state index contributed by atoms with van der Waals surface area (Å²) in [6.45, 7) is 6.71. The number of ether oxygens (including phenoxy) is 2. The highest BCUT2D eigenvalue weighted by Gasteiger charge is 2.06. The van der Waals surface area contributed by atoms with Gasteiger partial charge in [0.1, 0.15) is 11.5 Å². The van der Waals surface area contributed by atoms with Crippen molar-refractivity contribution in [2.75, 3.05) is 13.2 Å². The second-order valence-corrected chi connectivity index (χ2v) is 3.53. The molecule has 3 heteroatoms. The van der Waals surface area contributed by atoms with Gasteiger partial charge in [-0.2, -0.15) is 0 Å². The molecule has 0 fully saturated rings. The Morgan fingerprint density at radius 2 is 1.75 bits per heavy atom. The minimum Gasteiger partial charge on any atom is -0.494 e. The first-order valence-corrected chi connectivity index (χ1v) is 5.59. The first kappa shape index (κ1) is 12.6. The predicted octanol–water partition coefficient (Wildman–Crippen LogP) is 3.08. The van der Waals surface area contributed by atoms with Crippen molar-refractivity contribution >= 4 is 5.78 Å². The lowest BCUT2D eigenvalue weighted by Crippen LogP contribution is -2.00. The average Bonchev–Trinajstić information content (AvgIpc) is 2.26. The van der Waals surface area contributed by atoms with Gasteiger partial charge < -0.3 is 9.47 Å². The van der Waals surface area contributed by atoms with E-state index in [1.54, 1.807) is 12.1 Å². The monoisotopic (exact) mass is 222 g/mol. The number of carbonyl (C=O) groups is 1. The van der Waals surface area contributed by atoms with Crippen LogP contribution >= 0.6 is 0 Å². The first-order valence-electron chi connectivity index (χ1n) is 5.59. The smallest absolute Gasteiger partial charge is 0.160 e. The molecule has 3 nitrogen and oxygen atoms in total. The Hall–Kier alpha value is -1.51. The molecule has 0 aromatic heterocycles. The largest absolute Gasteiger partial charge is 0.494 e. The standard InChI is InChI=1S/C13H18O3/c1-4-6-16-13-8-11(10(3)14)7-12(9-13)15-5-2/h7-9H,4-6H2,1-3H3. The van der Waals surface area contributed by atoms with Crippen LogP contribution in [0.5, 0.6) is 11.5 Å². The zero-order valence-electron chi connectivity index (χ0n) is 10.1. The summed E-state index contributed by atoms with van der Waals surface area (Å²) in [7, 11) is 0. The number of rotatable bonds is 6. The van der Waals surface area contributed by atoms with E-state index < -0.39 is 0 Å². The van der Waals surface area contributed by atoms with Crippen molar-refractivity contribution in [2.24, 2.45) is 0 Å². The van der Waals surface area contributed by atoms with Crippen LogP contribution in [-0.2, 0) is 0 Å². The van der Waals surface area contributed by atoms with Gasteiger partial charge in [-0.25, -0.2) is 0 Å². The third-order valence-corrected chi connectivity index (χ3v) is 2.07. The fourth-order valence-corrected chi connectivity index (χ4v) is 1.33. The van der Waals surface area contributed by atoms with Gasteiger partial charge in [-0.05, 0) is 32.4 Å². The summed E-state index contributed by atoms with van der Waals surface area (Å²) in [5.41, 5.74) is 0.622. The minimum absolute atomic E-state index is 0.0166. The fourth-order valence-electron chi connectivity index (χ4n) is 1.33. The lowest BCUT2D eigenvalue weighted by Gasteiger charge is -2.09. The molecule has 1 rings (SSSR count). The zero-order valence-corrected chi connectivity index (χ0v) is 10.1. The summed E-state index contributed by atoms with van der Waals surface area (Å²) < 4.78 is 10.9. The highest BCUT2D eigenvalue weighted by atomic mass is 16.5. The number of hydrogen-bond acceptors (Lipinski definition) is 3. The number of carbonyl (C=O) groups excluding carboxylic acids is 1. The molecule has 0 atom stereocenters. The summed E-state index contributed by atoms with van der Waals surface area (Å²) in [6, 6.07) is 5.30. The van der Waals surface area contributed by atoms with Gasteiger partial charge in [-0.1, -0.05) is 6.92 Å². The van der Waals surface area contributed by atoms with Crippen LogP contribution in [0.3, 0.4) is 0 Å². The molecule has 88 valence electrons. The Balaban J connectivity index is 2.93. The van der Waals surface area contributed by atoms with Crippen molar-refractivity contribution in [1.82, 2.24) is 0 Å². The Morgan fingerprint density at radius 3 is 2.25 bits per heavy atom. The van der Waals surface area contributed by atoms with Gasteiger partial charge in [0.2, 0.25) is 0 Å². The summed E-state index contributed by atoms with van der Waals surface area (Å²) in [5, 5.41) is 0. The second kappa shape index (κ2) is 6.16. The maximum absolute atomic E-state index is 11.3. The first-order chi connectivity index (χ1) is 7.67. The summed E-state index contributed by atoms with van der Waals surface area (Å²) in [4.78, 5) is 11.3. The molecule has 0 radical (unpaired) electrons. The van der Waals surface area contributed by atoms with E-state index in [4.69, 9.17) is 9.47 Å². The summed E-state index contributed by atoms with van der Waals surface area (Å²) >= 11 is 0. The molecule has 1 aromatic rings. The molecule has 0 saturated carbocycles. The van der Waals surface area contributed by atoms with Crippen molar-refractivity contribution in [3.63, 3.8) is 0 Å². The maximum atomic E-state index is 11.3. The number of Topliss-reactive ketones (excluding diaryl/α,β-unsaturated/α-hetero) is 1. The SMILES string of the molecule is CCCOc1cc(OCC)cc(C(C)=O)c1. The van der Waals surface area contributed by atoms with Gasteiger partial charge in [0, 0.05) is 11.6 Å². The van der Waals surface area contributed by atoms with Crippen LogP contribution in [0.15, 0.2) is 18.2 Å². The Bertz CT molecular complexity index is 358. The van der Waals surface area contributed by atoms with Gasteiger partial charge >= 0.3 is 0 Å². The van der Waals surface area contributed by atoms with Gasteiger partial charge in [-0.15, -0.1) is 0 Å². The summed E-state index contributed by atoms with van der Waals surface area (Å²) in [5.74, 6) is 1.39. The van der Waals surface area contributed by atoms with Crippen LogP contribution in [-0.4, -0.2) is 19.0 Å². The Morgan fingerprint density at radius 1 is 1.12 bits per heavy atom. The lowest BCUT2D eigenvalue weighted by molar-refractivity contribution is 0.101. The van der Waals surface area contributed by atoms with E-state index in [2.05, 4.69) is 0 Å². The van der Waals surface area contributed by atoms with Gasteiger partial charge in [0.05, 0.1) is 13.2 Å². The topological polar surface area (TPSA) is 35.5 Å². The number of benzene rings is 1. The maximum Gasteiger partial charge on any atom is 0.160 e. The molecule has 0 spiro atoms. The van der Waals surface area contributed by atoms with E-state index >= 15 is 0 Å². The molecule has 0 bridgehead atoms. The van der Waals surface area contributed by atoms with Crippen molar-refractivity contribution in [2.45, 2.75) is 27.2 Å². The second-order valence-electron chi connectivity index (χ2n) is 3.53. The van der Waals surface area contributed by atoms with E-state index in [-0.39, 0.29) is 5.78 Å². The van der Waals surface area contributed by atoms with E-state index in [0.717, 1.165) is 6.42 Å². The quantitative estimate of drug-likeness (QED) is 0.694. The third kappa shape index (κ3) is 3.57. The molecule has 0 aliphatic heterocycles. The lowest BCUT2D eigenvalue weighted by atomic mass is 10.1. The van der Waals surface area contributed by atoms with Gasteiger partial charge in [-0.3, -0.25) is 4.79 Å². The average molecular weight is 222 g/mol. The highest BCUT2D eigenvalue weighted by Crippen LogP contribution is 2.23. The summed E-state index contributed by atoms with van der Waals surface area (Å²) in [6.07, 6.45) is 0.939. The van der Waals surface area contributed by atoms with Crippen LogP contribution < -0.4 is 9.47 Å². The molecule has 1 aromatic carbocycles. The molecule has 0 saturated heterocycles. The fraction of sp³-hybridized carbons (Fsp3) is 0.462. The van der Waals surface area contributed by atoms with Crippen LogP contribution in [0.2, 0.25) is 0 Å². The van der Waals surface area contributed by atoms with E-state index in [9.17, 15) is 4.79 Å². The van der Waals surface area contributed by atoms with Crippen molar-refractivity contribution in [3.8, 4) is 11.5 Å². The van der Waals surface area contributed by atoms with Crippen LogP contribution in [0.4, 0.5) is 0 Å². The zero-order chi connectivity index (χ0) is 12.0. The normalized spacial score (nSPS) is 9.94. The van der Waals surface area contributed by atoms with Crippen molar-refractivity contribution in [1.29, 1.82) is 0 Å².